The summed E-state index contributed by atoms with van der Waals surface area (Å²) in [5.41, 5.74) is 7.95. The van der Waals surface area contributed by atoms with Gasteiger partial charge < -0.3 is 15.4 Å². The molecule has 0 fully saturated rings. The van der Waals surface area contributed by atoms with Gasteiger partial charge in [0.1, 0.15) is 0 Å². The first-order chi connectivity index (χ1) is 15.6. The lowest BCUT2D eigenvalue weighted by atomic mass is 9.87. The summed E-state index contributed by atoms with van der Waals surface area (Å²) in [6.45, 7) is 2.51. The van der Waals surface area contributed by atoms with Crippen molar-refractivity contribution in [2.45, 2.75) is 13.3 Å². The highest BCUT2D eigenvalue weighted by molar-refractivity contribution is 5.99. The van der Waals surface area contributed by atoms with E-state index in [1.807, 2.05) is 66.7 Å². The Morgan fingerprint density at radius 1 is 1.00 bits per heavy atom. The Kier molecular flexibility index (Phi) is 6.34. The second-order valence-corrected chi connectivity index (χ2v) is 7.60. The molecule has 32 heavy (non-hydrogen) atoms. The Hall–Kier alpha value is -3.89. The predicted octanol–water partition coefficient (Wildman–Crippen LogP) is 6.48. The summed E-state index contributed by atoms with van der Waals surface area (Å²) < 4.78 is 0. The number of hydrogen-bond acceptors (Lipinski definition) is 3. The first-order valence-electron chi connectivity index (χ1n) is 10.6. The SMILES string of the molecule is CC/C(=C(/c1ccc(/C=C/C(=O)O)cc1)c1ccc2c(c1)C=CCN2[O-])c1ccccc1. The molecular formula is C28H24NO3-. The van der Waals surface area contributed by atoms with Crippen LogP contribution in [0.15, 0.2) is 84.9 Å². The van der Waals surface area contributed by atoms with Crippen LogP contribution in [-0.4, -0.2) is 17.6 Å². The van der Waals surface area contributed by atoms with E-state index in [0.717, 1.165) is 51.0 Å². The minimum absolute atomic E-state index is 0.366. The number of aliphatic carboxylic acids is 1. The molecule has 0 saturated carbocycles. The van der Waals surface area contributed by atoms with Gasteiger partial charge in [0.15, 0.2) is 0 Å². The second-order valence-electron chi connectivity index (χ2n) is 7.60. The van der Waals surface area contributed by atoms with E-state index in [0.29, 0.717) is 12.2 Å². The van der Waals surface area contributed by atoms with Gasteiger partial charge in [-0.3, -0.25) is 0 Å². The van der Waals surface area contributed by atoms with Crippen molar-refractivity contribution in [3.8, 4) is 0 Å². The van der Waals surface area contributed by atoms with E-state index in [1.165, 1.54) is 5.57 Å². The molecule has 0 saturated heterocycles. The molecule has 4 rings (SSSR count). The van der Waals surface area contributed by atoms with Crippen LogP contribution < -0.4 is 5.06 Å². The molecule has 1 N–H and O–H groups in total. The Morgan fingerprint density at radius 2 is 1.72 bits per heavy atom. The van der Waals surface area contributed by atoms with Crippen molar-refractivity contribution >= 4 is 35.0 Å². The minimum atomic E-state index is -0.971. The zero-order valence-corrected chi connectivity index (χ0v) is 17.9. The van der Waals surface area contributed by atoms with Crippen molar-refractivity contribution in [2.24, 2.45) is 0 Å². The van der Waals surface area contributed by atoms with Crippen molar-refractivity contribution in [1.29, 1.82) is 0 Å². The monoisotopic (exact) mass is 422 g/mol. The molecule has 0 amide bonds. The third-order valence-corrected chi connectivity index (χ3v) is 5.55. The van der Waals surface area contributed by atoms with Crippen LogP contribution in [0, 0.1) is 5.21 Å². The average molecular weight is 423 g/mol. The lowest BCUT2D eigenvalue weighted by molar-refractivity contribution is -0.131. The van der Waals surface area contributed by atoms with Crippen LogP contribution in [0.4, 0.5) is 5.69 Å². The standard InChI is InChI=1S/C28H24NO3/c1-2-25(21-7-4-3-5-8-21)28(22-13-10-20(11-14-22)12-17-27(30)31)24-15-16-26-23(19-24)9-6-18-29(26)32/h3-17,19H,2,18H2,1H3,(H,30,31)/q-1/b17-12+,28-25+. The lowest BCUT2D eigenvalue weighted by Crippen LogP contribution is -2.18. The van der Waals surface area contributed by atoms with Crippen LogP contribution in [-0.2, 0) is 4.79 Å². The van der Waals surface area contributed by atoms with Gasteiger partial charge >= 0.3 is 5.97 Å². The number of hydrogen-bond donors (Lipinski definition) is 1. The van der Waals surface area contributed by atoms with E-state index < -0.39 is 5.97 Å². The Bertz CT molecular complexity index is 1210. The predicted molar refractivity (Wildman–Crippen MR) is 132 cm³/mol. The quantitative estimate of drug-likeness (QED) is 0.364. The molecule has 3 aromatic carbocycles. The van der Waals surface area contributed by atoms with Crippen molar-refractivity contribution in [1.82, 2.24) is 0 Å². The minimum Gasteiger partial charge on any atom is -0.758 e. The molecule has 0 radical (unpaired) electrons. The Labute approximate surface area is 188 Å². The van der Waals surface area contributed by atoms with E-state index >= 15 is 0 Å². The van der Waals surface area contributed by atoms with Crippen molar-refractivity contribution in [2.75, 3.05) is 11.6 Å². The fraction of sp³-hybridized carbons (Fsp3) is 0.107. The second kappa shape index (κ2) is 9.50. The van der Waals surface area contributed by atoms with Crippen LogP contribution in [0.5, 0.6) is 0 Å². The molecule has 0 aliphatic carbocycles. The largest absolute Gasteiger partial charge is 0.758 e. The van der Waals surface area contributed by atoms with Crippen molar-refractivity contribution in [3.05, 3.63) is 118 Å². The van der Waals surface area contributed by atoms with Crippen LogP contribution in [0.25, 0.3) is 23.3 Å². The molecule has 0 bridgehead atoms. The summed E-state index contributed by atoms with van der Waals surface area (Å²) in [4.78, 5) is 10.8. The fourth-order valence-electron chi connectivity index (χ4n) is 4.05. The number of allylic oxidation sites excluding steroid dienone is 1. The molecule has 3 aromatic rings. The zero-order valence-electron chi connectivity index (χ0n) is 17.9. The summed E-state index contributed by atoms with van der Waals surface area (Å²) >= 11 is 0. The molecule has 0 atom stereocenters. The van der Waals surface area contributed by atoms with Crippen LogP contribution in [0.2, 0.25) is 0 Å². The molecule has 1 aliphatic heterocycles. The molecular weight excluding hydrogens is 398 g/mol. The average Bonchev–Trinajstić information content (AvgIpc) is 2.82. The van der Waals surface area contributed by atoms with Crippen molar-refractivity contribution in [3.63, 3.8) is 0 Å². The van der Waals surface area contributed by atoms with E-state index in [9.17, 15) is 10.0 Å². The van der Waals surface area contributed by atoms with Gasteiger partial charge in [-0.25, -0.2) is 4.79 Å². The smallest absolute Gasteiger partial charge is 0.328 e. The van der Waals surface area contributed by atoms with Gasteiger partial charge in [-0.05, 0) is 63.6 Å². The fourth-order valence-corrected chi connectivity index (χ4v) is 4.05. The molecule has 0 spiro atoms. The number of nitrogens with zero attached hydrogens (tertiary/aromatic N) is 1. The van der Waals surface area contributed by atoms with Gasteiger partial charge in [-0.15, -0.1) is 0 Å². The highest BCUT2D eigenvalue weighted by Crippen LogP contribution is 2.37. The normalized spacial score (nSPS) is 13.8. The highest BCUT2D eigenvalue weighted by Gasteiger charge is 2.15. The number of carbonyl (C=O) groups is 1. The molecule has 4 nitrogen and oxygen atoms in total. The molecule has 4 heteroatoms. The van der Waals surface area contributed by atoms with Gasteiger partial charge in [-0.1, -0.05) is 79.7 Å². The van der Waals surface area contributed by atoms with E-state index in [-0.39, 0.29) is 0 Å². The number of benzene rings is 3. The summed E-state index contributed by atoms with van der Waals surface area (Å²) in [6, 6.07) is 24.2. The van der Waals surface area contributed by atoms with E-state index in [1.54, 1.807) is 6.08 Å². The summed E-state index contributed by atoms with van der Waals surface area (Å²) in [6.07, 6.45) is 7.43. The zero-order chi connectivity index (χ0) is 22.5. The van der Waals surface area contributed by atoms with E-state index in [2.05, 4.69) is 25.1 Å². The number of carboxylic acids is 1. The molecule has 160 valence electrons. The molecule has 0 unspecified atom stereocenters. The van der Waals surface area contributed by atoms with E-state index in [4.69, 9.17) is 5.11 Å². The Balaban J connectivity index is 1.88. The van der Waals surface area contributed by atoms with Crippen LogP contribution in [0.1, 0.15) is 41.2 Å². The first kappa shape index (κ1) is 21.3. The molecule has 1 heterocycles. The van der Waals surface area contributed by atoms with Crippen LogP contribution >= 0.6 is 0 Å². The van der Waals surface area contributed by atoms with Gasteiger partial charge in [0.05, 0.1) is 0 Å². The molecule has 1 aliphatic rings. The maximum Gasteiger partial charge on any atom is 0.328 e. The van der Waals surface area contributed by atoms with Gasteiger partial charge in [-0.2, -0.15) is 0 Å². The molecule has 0 aromatic heterocycles. The summed E-state index contributed by atoms with van der Waals surface area (Å²) in [5.74, 6) is -0.971. The van der Waals surface area contributed by atoms with Gasteiger partial charge in [0, 0.05) is 18.3 Å². The summed E-state index contributed by atoms with van der Waals surface area (Å²) in [7, 11) is 0. The maximum absolute atomic E-state index is 12.2. The number of hydroxylamine groups is 1. The first-order valence-corrected chi connectivity index (χ1v) is 10.6. The Morgan fingerprint density at radius 3 is 2.41 bits per heavy atom. The maximum atomic E-state index is 12.2. The topological polar surface area (TPSA) is 63.6 Å². The third kappa shape index (κ3) is 4.56. The lowest BCUT2D eigenvalue weighted by Gasteiger charge is -2.34. The third-order valence-electron chi connectivity index (χ3n) is 5.55. The number of carboxylic acid groups (broad SMARTS) is 1. The van der Waals surface area contributed by atoms with Crippen LogP contribution in [0.3, 0.4) is 0 Å². The number of rotatable bonds is 6. The highest BCUT2D eigenvalue weighted by atomic mass is 16.5. The summed E-state index contributed by atoms with van der Waals surface area (Å²) in [5, 5.41) is 22.1. The number of anilines is 1. The number of fused-ring (bicyclic) bond motifs is 1. The van der Waals surface area contributed by atoms with Gasteiger partial charge in [0.25, 0.3) is 0 Å². The van der Waals surface area contributed by atoms with Crippen molar-refractivity contribution < 1.29 is 9.90 Å². The van der Waals surface area contributed by atoms with Gasteiger partial charge in [0.2, 0.25) is 0 Å².